The Bertz CT molecular complexity index is 1010. The van der Waals surface area contributed by atoms with Crippen molar-refractivity contribution in [2.24, 2.45) is 5.14 Å². The lowest BCUT2D eigenvalue weighted by atomic mass is 10.1. The first-order chi connectivity index (χ1) is 11.8. The van der Waals surface area contributed by atoms with Gasteiger partial charge in [0.25, 0.3) is 5.91 Å². The molecule has 0 aliphatic rings. The number of nitrogens with two attached hydrogens (primary N) is 1. The molecule has 8 heteroatoms. The summed E-state index contributed by atoms with van der Waals surface area (Å²) >= 11 is 0. The molecule has 0 aliphatic carbocycles. The number of carbonyl (C=O) groups is 1. The van der Waals surface area contributed by atoms with E-state index in [0.29, 0.717) is 11.4 Å². The number of aromatic nitrogens is 1. The minimum Gasteiger partial charge on any atom is -0.355 e. The Labute approximate surface area is 144 Å². The van der Waals surface area contributed by atoms with Crippen molar-refractivity contribution in [3.8, 4) is 11.3 Å². The fourth-order valence-corrected chi connectivity index (χ4v) is 2.67. The van der Waals surface area contributed by atoms with Gasteiger partial charge in [-0.05, 0) is 31.2 Å². The van der Waals surface area contributed by atoms with Crippen LogP contribution < -0.4 is 10.5 Å². The lowest BCUT2D eigenvalue weighted by molar-refractivity contribution is 0.101. The van der Waals surface area contributed by atoms with Crippen LogP contribution >= 0.6 is 0 Å². The molecule has 3 aromatic rings. The fraction of sp³-hybridized carbons (Fsp3) is 0.0588. The Hall–Kier alpha value is -2.97. The molecule has 0 fully saturated rings. The summed E-state index contributed by atoms with van der Waals surface area (Å²) in [5, 5.41) is 11.4. The van der Waals surface area contributed by atoms with Crippen molar-refractivity contribution in [1.82, 2.24) is 5.16 Å². The first-order valence-corrected chi connectivity index (χ1v) is 8.85. The zero-order valence-corrected chi connectivity index (χ0v) is 14.1. The molecule has 1 heterocycles. The molecule has 7 nitrogen and oxygen atoms in total. The third-order valence-electron chi connectivity index (χ3n) is 3.52. The van der Waals surface area contributed by atoms with Gasteiger partial charge < -0.3 is 9.84 Å². The minimum atomic E-state index is -3.77. The first-order valence-electron chi connectivity index (χ1n) is 7.31. The maximum Gasteiger partial charge on any atom is 0.277 e. The molecule has 0 unspecified atom stereocenters. The zero-order chi connectivity index (χ0) is 18.0. The Morgan fingerprint density at radius 1 is 1.08 bits per heavy atom. The summed E-state index contributed by atoms with van der Waals surface area (Å²) in [5.74, 6) is 0.0141. The van der Waals surface area contributed by atoms with Gasteiger partial charge in [0.1, 0.15) is 0 Å². The van der Waals surface area contributed by atoms with Gasteiger partial charge in [0, 0.05) is 17.3 Å². The lowest BCUT2D eigenvalue weighted by Gasteiger charge is -2.03. The van der Waals surface area contributed by atoms with E-state index in [1.165, 1.54) is 24.3 Å². The summed E-state index contributed by atoms with van der Waals surface area (Å²) in [6.45, 7) is 1.98. The number of anilines is 1. The number of hydrogen-bond acceptors (Lipinski definition) is 5. The van der Waals surface area contributed by atoms with E-state index in [9.17, 15) is 13.2 Å². The van der Waals surface area contributed by atoms with E-state index in [1.807, 2.05) is 31.2 Å². The Kier molecular flexibility index (Phi) is 4.39. The van der Waals surface area contributed by atoms with Gasteiger partial charge in [0.05, 0.1) is 4.90 Å². The number of rotatable bonds is 4. The second-order valence-corrected chi connectivity index (χ2v) is 7.03. The van der Waals surface area contributed by atoms with Gasteiger partial charge in [-0.1, -0.05) is 35.0 Å². The zero-order valence-electron chi connectivity index (χ0n) is 13.3. The van der Waals surface area contributed by atoms with E-state index in [1.54, 1.807) is 6.07 Å². The van der Waals surface area contributed by atoms with E-state index in [-0.39, 0.29) is 10.6 Å². The standard InChI is InChI=1S/C17H15N3O4S/c1-11-2-4-12(5-3-11)16-10-15(20-24-16)17(21)19-13-6-8-14(9-7-13)25(18,22)23/h2-10H,1H3,(H,19,21)(H2,18,22,23). The maximum absolute atomic E-state index is 12.2. The molecule has 1 amide bonds. The minimum absolute atomic E-state index is 0.0337. The molecule has 0 saturated carbocycles. The Morgan fingerprint density at radius 3 is 2.32 bits per heavy atom. The Morgan fingerprint density at radius 2 is 1.72 bits per heavy atom. The quantitative estimate of drug-likeness (QED) is 0.744. The number of amides is 1. The number of aryl methyl sites for hydroxylation is 1. The SMILES string of the molecule is Cc1ccc(-c2cc(C(=O)Nc3ccc(S(N)(=O)=O)cc3)no2)cc1. The molecule has 0 radical (unpaired) electrons. The molecular weight excluding hydrogens is 342 g/mol. The van der Waals surface area contributed by atoms with Gasteiger partial charge in [0.15, 0.2) is 11.5 Å². The molecule has 0 saturated heterocycles. The molecule has 2 aromatic carbocycles. The van der Waals surface area contributed by atoms with Crippen LogP contribution in [-0.4, -0.2) is 19.5 Å². The number of sulfonamides is 1. The number of benzene rings is 2. The van der Waals surface area contributed by atoms with E-state index in [0.717, 1.165) is 11.1 Å². The van der Waals surface area contributed by atoms with Crippen molar-refractivity contribution in [3.05, 3.63) is 65.9 Å². The molecule has 3 N–H and O–H groups in total. The predicted octanol–water partition coefficient (Wildman–Crippen LogP) is 2.55. The van der Waals surface area contributed by atoms with Crippen molar-refractivity contribution in [3.63, 3.8) is 0 Å². The number of nitrogens with one attached hydrogen (secondary N) is 1. The molecule has 25 heavy (non-hydrogen) atoms. The predicted molar refractivity (Wildman–Crippen MR) is 92.4 cm³/mol. The van der Waals surface area contributed by atoms with E-state index in [2.05, 4.69) is 10.5 Å². The fourth-order valence-electron chi connectivity index (χ4n) is 2.16. The molecule has 0 bridgehead atoms. The third-order valence-corrected chi connectivity index (χ3v) is 4.45. The van der Waals surface area contributed by atoms with Crippen LogP contribution in [0, 0.1) is 6.92 Å². The van der Waals surface area contributed by atoms with Crippen molar-refractivity contribution in [2.75, 3.05) is 5.32 Å². The van der Waals surface area contributed by atoms with E-state index >= 15 is 0 Å². The normalized spacial score (nSPS) is 11.3. The van der Waals surface area contributed by atoms with Crippen LogP contribution in [0.2, 0.25) is 0 Å². The largest absolute Gasteiger partial charge is 0.355 e. The van der Waals surface area contributed by atoms with Gasteiger partial charge >= 0.3 is 0 Å². The summed E-state index contributed by atoms with van der Waals surface area (Å²) in [5.41, 5.74) is 2.46. The number of nitrogens with zero attached hydrogens (tertiary/aromatic N) is 1. The van der Waals surface area contributed by atoms with Gasteiger partial charge in [-0.2, -0.15) is 0 Å². The average molecular weight is 357 g/mol. The van der Waals surface area contributed by atoms with Crippen molar-refractivity contribution >= 4 is 21.6 Å². The second kappa shape index (κ2) is 6.50. The molecule has 3 rings (SSSR count). The van der Waals surface area contributed by atoms with E-state index < -0.39 is 15.9 Å². The number of hydrogen-bond donors (Lipinski definition) is 2. The van der Waals surface area contributed by atoms with Crippen LogP contribution in [0.4, 0.5) is 5.69 Å². The summed E-state index contributed by atoms with van der Waals surface area (Å²) in [6, 6.07) is 14.7. The van der Waals surface area contributed by atoms with Crippen molar-refractivity contribution in [1.29, 1.82) is 0 Å². The highest BCUT2D eigenvalue weighted by Gasteiger charge is 2.14. The molecule has 0 atom stereocenters. The van der Waals surface area contributed by atoms with Crippen LogP contribution in [0.25, 0.3) is 11.3 Å². The van der Waals surface area contributed by atoms with Gasteiger partial charge in [-0.15, -0.1) is 0 Å². The molecule has 128 valence electrons. The van der Waals surface area contributed by atoms with Crippen LogP contribution in [-0.2, 0) is 10.0 Å². The van der Waals surface area contributed by atoms with Crippen molar-refractivity contribution < 1.29 is 17.7 Å². The highest BCUT2D eigenvalue weighted by Crippen LogP contribution is 2.21. The summed E-state index contributed by atoms with van der Waals surface area (Å²) in [6.07, 6.45) is 0. The van der Waals surface area contributed by atoms with Crippen LogP contribution in [0.1, 0.15) is 16.1 Å². The molecular formula is C17H15N3O4S. The van der Waals surface area contributed by atoms with Gasteiger partial charge in [-0.3, -0.25) is 4.79 Å². The van der Waals surface area contributed by atoms with Crippen LogP contribution in [0.5, 0.6) is 0 Å². The van der Waals surface area contributed by atoms with Crippen LogP contribution in [0.3, 0.4) is 0 Å². The highest BCUT2D eigenvalue weighted by molar-refractivity contribution is 7.89. The van der Waals surface area contributed by atoms with Crippen molar-refractivity contribution in [2.45, 2.75) is 11.8 Å². The topological polar surface area (TPSA) is 115 Å². The summed E-state index contributed by atoms with van der Waals surface area (Å²) in [4.78, 5) is 12.2. The highest BCUT2D eigenvalue weighted by atomic mass is 32.2. The first kappa shape index (κ1) is 16.9. The van der Waals surface area contributed by atoms with Crippen LogP contribution in [0.15, 0.2) is 64.0 Å². The number of primary sulfonamides is 1. The maximum atomic E-state index is 12.2. The lowest BCUT2D eigenvalue weighted by Crippen LogP contribution is -2.14. The third kappa shape index (κ3) is 3.93. The van der Waals surface area contributed by atoms with Gasteiger partial charge in [-0.25, -0.2) is 13.6 Å². The Balaban J connectivity index is 1.75. The summed E-state index contributed by atoms with van der Waals surface area (Å²) in [7, 11) is -3.77. The van der Waals surface area contributed by atoms with Gasteiger partial charge in [0.2, 0.25) is 10.0 Å². The molecule has 1 aromatic heterocycles. The monoisotopic (exact) mass is 357 g/mol. The summed E-state index contributed by atoms with van der Waals surface area (Å²) < 4.78 is 27.6. The second-order valence-electron chi connectivity index (χ2n) is 5.47. The molecule has 0 aliphatic heterocycles. The van der Waals surface area contributed by atoms with E-state index in [4.69, 9.17) is 9.66 Å². The average Bonchev–Trinajstić information content (AvgIpc) is 3.05. The smallest absolute Gasteiger partial charge is 0.277 e. The number of carbonyl (C=O) groups excluding carboxylic acids is 1. The molecule has 0 spiro atoms.